The van der Waals surface area contributed by atoms with Crippen LogP contribution in [-0.2, 0) is 0 Å². The summed E-state index contributed by atoms with van der Waals surface area (Å²) in [6.07, 6.45) is 1.81. The van der Waals surface area contributed by atoms with Crippen LogP contribution in [0, 0.1) is 13.8 Å². The normalized spacial score (nSPS) is 16.7. The molecule has 7 nitrogen and oxygen atoms in total. The molecule has 4 rings (SSSR count). The van der Waals surface area contributed by atoms with Gasteiger partial charge in [-0.05, 0) is 38.8 Å². The third-order valence-corrected chi connectivity index (χ3v) is 5.04. The molecule has 1 amide bonds. The van der Waals surface area contributed by atoms with Crippen LogP contribution in [0.2, 0.25) is 0 Å². The second-order valence-electron chi connectivity index (χ2n) is 6.67. The minimum absolute atomic E-state index is 0.0461. The van der Waals surface area contributed by atoms with Gasteiger partial charge in [0.1, 0.15) is 11.5 Å². The molecule has 0 radical (unpaired) electrons. The first kappa shape index (κ1) is 17.3. The molecular weight excluding hydrogens is 346 g/mol. The van der Waals surface area contributed by atoms with E-state index in [4.69, 9.17) is 13.8 Å². The lowest BCUT2D eigenvalue weighted by Gasteiger charge is -2.23. The van der Waals surface area contributed by atoms with E-state index >= 15 is 0 Å². The Morgan fingerprint density at radius 2 is 2.04 bits per heavy atom. The van der Waals surface area contributed by atoms with Crippen molar-refractivity contribution in [3.05, 3.63) is 53.0 Å². The number of rotatable bonds is 4. The van der Waals surface area contributed by atoms with Crippen molar-refractivity contribution in [1.82, 2.24) is 15.2 Å². The van der Waals surface area contributed by atoms with E-state index in [9.17, 15) is 4.79 Å². The van der Waals surface area contributed by atoms with Gasteiger partial charge in [-0.3, -0.25) is 4.79 Å². The minimum atomic E-state index is -0.151. The lowest BCUT2D eigenvalue weighted by Crippen LogP contribution is -2.31. The van der Waals surface area contributed by atoms with E-state index in [1.54, 1.807) is 13.2 Å². The molecule has 0 aliphatic carbocycles. The molecule has 140 valence electrons. The van der Waals surface area contributed by atoms with Crippen molar-refractivity contribution in [1.29, 1.82) is 0 Å². The molecule has 7 heteroatoms. The Kier molecular flexibility index (Phi) is 4.43. The van der Waals surface area contributed by atoms with Gasteiger partial charge in [-0.1, -0.05) is 22.4 Å². The third kappa shape index (κ3) is 2.99. The van der Waals surface area contributed by atoms with E-state index in [0.29, 0.717) is 18.1 Å². The van der Waals surface area contributed by atoms with Gasteiger partial charge in [0.25, 0.3) is 5.91 Å². The Labute approximate surface area is 156 Å². The van der Waals surface area contributed by atoms with Crippen LogP contribution >= 0.6 is 0 Å². The number of nitrogens with zero attached hydrogens (tertiary/aromatic N) is 3. The SMILES string of the molecule is COc1ccccc1-c1cc(C(=O)N2CCC[C@@H]2c2c(C)noc2C)no1. The summed E-state index contributed by atoms with van der Waals surface area (Å²) in [5, 5.41) is 8.04. The van der Waals surface area contributed by atoms with Crippen molar-refractivity contribution < 1.29 is 18.6 Å². The van der Waals surface area contributed by atoms with Crippen molar-refractivity contribution in [3.8, 4) is 17.1 Å². The molecule has 0 bridgehead atoms. The van der Waals surface area contributed by atoms with Crippen molar-refractivity contribution in [2.24, 2.45) is 0 Å². The molecule has 0 unspecified atom stereocenters. The first-order valence-electron chi connectivity index (χ1n) is 8.94. The van der Waals surface area contributed by atoms with Gasteiger partial charge in [0, 0.05) is 18.2 Å². The molecule has 1 aromatic carbocycles. The van der Waals surface area contributed by atoms with Gasteiger partial charge in [-0.2, -0.15) is 0 Å². The van der Waals surface area contributed by atoms with E-state index < -0.39 is 0 Å². The smallest absolute Gasteiger partial charge is 0.276 e. The molecule has 1 fully saturated rings. The number of hydrogen-bond donors (Lipinski definition) is 0. The monoisotopic (exact) mass is 367 g/mol. The maximum atomic E-state index is 13.1. The first-order chi connectivity index (χ1) is 13.1. The van der Waals surface area contributed by atoms with Crippen molar-refractivity contribution in [2.45, 2.75) is 32.7 Å². The third-order valence-electron chi connectivity index (χ3n) is 5.04. The van der Waals surface area contributed by atoms with Crippen molar-refractivity contribution >= 4 is 5.91 Å². The average molecular weight is 367 g/mol. The lowest BCUT2D eigenvalue weighted by molar-refractivity contribution is 0.0724. The summed E-state index contributed by atoms with van der Waals surface area (Å²) in [7, 11) is 1.60. The van der Waals surface area contributed by atoms with E-state index in [-0.39, 0.29) is 17.6 Å². The number of hydrogen-bond acceptors (Lipinski definition) is 6. The first-order valence-corrected chi connectivity index (χ1v) is 8.94. The second kappa shape index (κ2) is 6.90. The number of amides is 1. The van der Waals surface area contributed by atoms with Gasteiger partial charge >= 0.3 is 0 Å². The zero-order valence-electron chi connectivity index (χ0n) is 15.6. The van der Waals surface area contributed by atoms with E-state index in [2.05, 4.69) is 10.3 Å². The maximum absolute atomic E-state index is 13.1. The predicted octanol–water partition coefficient (Wildman–Crippen LogP) is 3.93. The van der Waals surface area contributed by atoms with Crippen LogP contribution in [0.25, 0.3) is 11.3 Å². The molecule has 1 aliphatic heterocycles. The van der Waals surface area contributed by atoms with Crippen LogP contribution < -0.4 is 4.74 Å². The maximum Gasteiger partial charge on any atom is 0.276 e. The summed E-state index contributed by atoms with van der Waals surface area (Å²) in [6.45, 7) is 4.46. The number of aryl methyl sites for hydroxylation is 2. The van der Waals surface area contributed by atoms with Crippen LogP contribution in [0.15, 0.2) is 39.4 Å². The molecule has 27 heavy (non-hydrogen) atoms. The fraction of sp³-hybridized carbons (Fsp3) is 0.350. The van der Waals surface area contributed by atoms with E-state index in [1.165, 1.54) is 0 Å². The molecule has 0 spiro atoms. The lowest BCUT2D eigenvalue weighted by atomic mass is 10.0. The van der Waals surface area contributed by atoms with Gasteiger partial charge in [0.15, 0.2) is 11.5 Å². The number of para-hydroxylation sites is 1. The molecule has 3 aromatic rings. The molecule has 1 saturated heterocycles. The van der Waals surface area contributed by atoms with Crippen LogP contribution in [0.5, 0.6) is 5.75 Å². The molecular formula is C20H21N3O4. The number of benzene rings is 1. The van der Waals surface area contributed by atoms with Crippen molar-refractivity contribution in [2.75, 3.05) is 13.7 Å². The molecule has 2 aromatic heterocycles. The van der Waals surface area contributed by atoms with Gasteiger partial charge in [0.2, 0.25) is 0 Å². The predicted molar refractivity (Wildman–Crippen MR) is 97.5 cm³/mol. The highest BCUT2D eigenvalue weighted by Crippen LogP contribution is 2.37. The molecule has 1 atom stereocenters. The summed E-state index contributed by atoms with van der Waals surface area (Å²) in [5.41, 5.74) is 2.87. The largest absolute Gasteiger partial charge is 0.496 e. The van der Waals surface area contributed by atoms with Gasteiger partial charge in [0.05, 0.1) is 24.4 Å². The molecule has 0 N–H and O–H groups in total. The van der Waals surface area contributed by atoms with Gasteiger partial charge in [-0.15, -0.1) is 0 Å². The number of carbonyl (C=O) groups is 1. The van der Waals surface area contributed by atoms with Gasteiger partial charge in [-0.25, -0.2) is 0 Å². The van der Waals surface area contributed by atoms with Crippen LogP contribution in [-0.4, -0.2) is 34.8 Å². The highest BCUT2D eigenvalue weighted by molar-refractivity contribution is 5.93. The minimum Gasteiger partial charge on any atom is -0.496 e. The Bertz CT molecular complexity index is 956. The summed E-state index contributed by atoms with van der Waals surface area (Å²) in [5.74, 6) is 1.78. The summed E-state index contributed by atoms with van der Waals surface area (Å²) < 4.78 is 16.1. The molecule has 3 heterocycles. The number of methoxy groups -OCH3 is 1. The number of aromatic nitrogens is 2. The standard InChI is InChI=1S/C20H21N3O4/c1-12-19(13(2)26-21-12)16-8-6-10-23(16)20(24)15-11-18(27-22-15)14-7-4-5-9-17(14)25-3/h4-5,7,9,11,16H,6,8,10H2,1-3H3/t16-/m1/s1. The number of likely N-dealkylation sites (tertiary alicyclic amines) is 1. The van der Waals surface area contributed by atoms with Crippen LogP contribution in [0.3, 0.4) is 0 Å². The second-order valence-corrected chi connectivity index (χ2v) is 6.67. The van der Waals surface area contributed by atoms with Gasteiger partial charge < -0.3 is 18.7 Å². The summed E-state index contributed by atoms with van der Waals surface area (Å²) in [4.78, 5) is 14.9. The van der Waals surface area contributed by atoms with Crippen molar-refractivity contribution in [3.63, 3.8) is 0 Å². The molecule has 1 aliphatic rings. The van der Waals surface area contributed by atoms with E-state index in [1.807, 2.05) is 43.0 Å². The van der Waals surface area contributed by atoms with E-state index in [0.717, 1.165) is 35.4 Å². The summed E-state index contributed by atoms with van der Waals surface area (Å²) in [6, 6.07) is 9.10. The highest BCUT2D eigenvalue weighted by Gasteiger charge is 2.35. The Hall–Kier alpha value is -3.09. The summed E-state index contributed by atoms with van der Waals surface area (Å²) >= 11 is 0. The Morgan fingerprint density at radius 3 is 2.78 bits per heavy atom. The zero-order chi connectivity index (χ0) is 19.0. The van der Waals surface area contributed by atoms with Crippen LogP contribution in [0.4, 0.5) is 0 Å². The van der Waals surface area contributed by atoms with Crippen LogP contribution in [0.1, 0.15) is 46.4 Å². The zero-order valence-corrected chi connectivity index (χ0v) is 15.6. The fourth-order valence-corrected chi connectivity index (χ4v) is 3.77. The highest BCUT2D eigenvalue weighted by atomic mass is 16.5. The number of carbonyl (C=O) groups excluding carboxylic acids is 1. The number of ether oxygens (including phenoxy) is 1. The fourth-order valence-electron chi connectivity index (χ4n) is 3.77. The molecule has 0 saturated carbocycles. The Balaban J connectivity index is 1.63. The quantitative estimate of drug-likeness (QED) is 0.695. The average Bonchev–Trinajstić information content (AvgIpc) is 3.41. The topological polar surface area (TPSA) is 81.6 Å². The Morgan fingerprint density at radius 1 is 1.22 bits per heavy atom.